The maximum atomic E-state index is 12.9. The highest BCUT2D eigenvalue weighted by molar-refractivity contribution is 5.95. The Labute approximate surface area is 159 Å². The summed E-state index contributed by atoms with van der Waals surface area (Å²) in [5.41, 5.74) is -1.02. The van der Waals surface area contributed by atoms with Crippen LogP contribution in [0.1, 0.15) is 48.5 Å². The van der Waals surface area contributed by atoms with Crippen molar-refractivity contribution in [3.8, 4) is 0 Å². The number of esters is 1. The molecule has 27 heavy (non-hydrogen) atoms. The lowest BCUT2D eigenvalue weighted by molar-refractivity contribution is -0.139. The van der Waals surface area contributed by atoms with Gasteiger partial charge in [-0.2, -0.15) is 0 Å². The Balaban J connectivity index is 2.42. The van der Waals surface area contributed by atoms with Crippen LogP contribution >= 0.6 is 0 Å². The Hall–Kier alpha value is -2.29. The minimum Gasteiger partial charge on any atom is -0.463 e. The van der Waals surface area contributed by atoms with Crippen LogP contribution in [0.15, 0.2) is 11.3 Å². The summed E-state index contributed by atoms with van der Waals surface area (Å²) in [6.45, 7) is 12.4. The molecule has 0 saturated carbocycles. The molecular weight excluding hydrogens is 354 g/mol. The summed E-state index contributed by atoms with van der Waals surface area (Å²) in [7, 11) is 0. The Morgan fingerprint density at radius 1 is 1.33 bits per heavy atom. The van der Waals surface area contributed by atoms with Gasteiger partial charge in [-0.15, -0.1) is 0 Å². The van der Waals surface area contributed by atoms with Crippen LogP contribution in [0.3, 0.4) is 0 Å². The molecule has 2 N–H and O–H groups in total. The summed E-state index contributed by atoms with van der Waals surface area (Å²) >= 11 is 0. The third-order valence-electron chi connectivity index (χ3n) is 4.29. The average molecular weight is 383 g/mol. The van der Waals surface area contributed by atoms with Crippen LogP contribution in [-0.4, -0.2) is 59.6 Å². The number of ether oxygens (including phenoxy) is 3. The van der Waals surface area contributed by atoms with E-state index in [4.69, 9.17) is 14.2 Å². The first-order chi connectivity index (χ1) is 12.4. The van der Waals surface area contributed by atoms with Gasteiger partial charge in [0.1, 0.15) is 11.3 Å². The Morgan fingerprint density at radius 2 is 1.96 bits per heavy atom. The van der Waals surface area contributed by atoms with Gasteiger partial charge in [0.05, 0.1) is 30.9 Å². The maximum absolute atomic E-state index is 12.9. The number of allylic oxidation sites excluding steroid dienone is 1. The monoisotopic (exact) mass is 383 g/mol. The molecule has 1 saturated heterocycles. The summed E-state index contributed by atoms with van der Waals surface area (Å²) in [6.07, 6.45) is -0.580. The van der Waals surface area contributed by atoms with E-state index >= 15 is 0 Å². The lowest BCUT2D eigenvalue weighted by Gasteiger charge is -2.39. The molecule has 2 heterocycles. The van der Waals surface area contributed by atoms with Crippen LogP contribution in [0, 0.1) is 0 Å². The molecule has 152 valence electrons. The fourth-order valence-corrected chi connectivity index (χ4v) is 3.24. The van der Waals surface area contributed by atoms with Crippen molar-refractivity contribution in [1.29, 1.82) is 0 Å². The third-order valence-corrected chi connectivity index (χ3v) is 4.29. The molecule has 0 spiro atoms. The lowest BCUT2D eigenvalue weighted by Crippen LogP contribution is -2.61. The molecule has 2 aliphatic rings. The maximum Gasteiger partial charge on any atom is 0.412 e. The third kappa shape index (κ3) is 4.52. The van der Waals surface area contributed by atoms with Crippen LogP contribution in [-0.2, 0) is 19.0 Å². The molecule has 9 nitrogen and oxygen atoms in total. The largest absolute Gasteiger partial charge is 0.463 e. The zero-order valence-corrected chi connectivity index (χ0v) is 17.0. The number of nitrogens with zero attached hydrogens (tertiary/aromatic N) is 1. The van der Waals surface area contributed by atoms with Gasteiger partial charge in [0.15, 0.2) is 0 Å². The van der Waals surface area contributed by atoms with Crippen molar-refractivity contribution >= 4 is 18.1 Å². The zero-order chi connectivity index (χ0) is 20.6. The number of carbonyl (C=O) groups is 3. The first-order valence-corrected chi connectivity index (χ1v) is 8.99. The average Bonchev–Trinajstić information content (AvgIpc) is 2.80. The second kappa shape index (κ2) is 7.38. The second-order valence-electron chi connectivity index (χ2n) is 8.01. The van der Waals surface area contributed by atoms with E-state index in [0.29, 0.717) is 5.70 Å². The van der Waals surface area contributed by atoms with E-state index in [1.54, 1.807) is 48.5 Å². The highest BCUT2D eigenvalue weighted by Crippen LogP contribution is 2.33. The molecule has 0 aromatic rings. The Kier molecular flexibility index (Phi) is 5.74. The molecule has 0 aliphatic carbocycles. The first-order valence-electron chi connectivity index (χ1n) is 8.99. The van der Waals surface area contributed by atoms with E-state index in [2.05, 4.69) is 10.6 Å². The first kappa shape index (κ1) is 21.0. The molecular formula is C18H29N3O6. The van der Waals surface area contributed by atoms with Crippen LogP contribution in [0.25, 0.3) is 0 Å². The smallest absolute Gasteiger partial charge is 0.412 e. The quantitative estimate of drug-likeness (QED) is 0.721. The summed E-state index contributed by atoms with van der Waals surface area (Å²) in [4.78, 5) is 38.8. The predicted molar refractivity (Wildman–Crippen MR) is 96.7 cm³/mol. The van der Waals surface area contributed by atoms with Crippen LogP contribution in [0.2, 0.25) is 0 Å². The highest BCUT2D eigenvalue weighted by atomic mass is 16.6. The van der Waals surface area contributed by atoms with Gasteiger partial charge in [0.2, 0.25) is 0 Å². The molecule has 9 heteroatoms. The normalized spacial score (nSPS) is 25.0. The second-order valence-corrected chi connectivity index (χ2v) is 8.01. The van der Waals surface area contributed by atoms with E-state index in [9.17, 15) is 14.4 Å². The van der Waals surface area contributed by atoms with E-state index in [-0.39, 0.29) is 18.8 Å². The number of urea groups is 1. The lowest BCUT2D eigenvalue weighted by atomic mass is 9.95. The zero-order valence-electron chi connectivity index (χ0n) is 17.0. The standard InChI is InChI=1S/C18H29N3O6/c1-8-25-14(22)12-10(2)19-15(23)20-13(12)11-9-26-18(6,7)21(11)16(24)27-17(3,4)5/h11,13H,8-9H2,1-7H3,(H2,19,20,23)/t11-,13+/m1/s1. The summed E-state index contributed by atoms with van der Waals surface area (Å²) < 4.78 is 16.5. The van der Waals surface area contributed by atoms with Gasteiger partial charge in [0.25, 0.3) is 0 Å². The molecule has 3 amide bonds. The van der Waals surface area contributed by atoms with Gasteiger partial charge >= 0.3 is 18.1 Å². The van der Waals surface area contributed by atoms with Gasteiger partial charge in [-0.05, 0) is 48.5 Å². The fraction of sp³-hybridized carbons (Fsp3) is 0.722. The number of rotatable bonds is 3. The summed E-state index contributed by atoms with van der Waals surface area (Å²) in [5.74, 6) is -0.554. The summed E-state index contributed by atoms with van der Waals surface area (Å²) in [5, 5.41) is 5.30. The summed E-state index contributed by atoms with van der Waals surface area (Å²) in [6, 6.07) is -1.87. The molecule has 0 aromatic carbocycles. The molecule has 1 fully saturated rings. The van der Waals surface area contributed by atoms with Crippen molar-refractivity contribution in [3.63, 3.8) is 0 Å². The molecule has 2 aliphatic heterocycles. The van der Waals surface area contributed by atoms with Gasteiger partial charge in [-0.25, -0.2) is 14.4 Å². The van der Waals surface area contributed by atoms with Crippen molar-refractivity contribution in [3.05, 3.63) is 11.3 Å². The van der Waals surface area contributed by atoms with Crippen molar-refractivity contribution < 1.29 is 28.6 Å². The van der Waals surface area contributed by atoms with Gasteiger partial charge in [-0.3, -0.25) is 4.90 Å². The van der Waals surface area contributed by atoms with Gasteiger partial charge in [-0.1, -0.05) is 0 Å². The van der Waals surface area contributed by atoms with E-state index in [1.165, 1.54) is 4.90 Å². The molecule has 0 unspecified atom stereocenters. The number of hydrogen-bond donors (Lipinski definition) is 2. The van der Waals surface area contributed by atoms with Crippen molar-refractivity contribution in [2.75, 3.05) is 13.2 Å². The molecule has 2 atom stereocenters. The van der Waals surface area contributed by atoms with E-state index in [0.717, 1.165) is 0 Å². The highest BCUT2D eigenvalue weighted by Gasteiger charge is 2.51. The predicted octanol–water partition coefficient (Wildman–Crippen LogP) is 1.88. The topological polar surface area (TPSA) is 106 Å². The van der Waals surface area contributed by atoms with Gasteiger partial charge < -0.3 is 24.8 Å². The van der Waals surface area contributed by atoms with Crippen molar-refractivity contribution in [1.82, 2.24) is 15.5 Å². The number of nitrogens with one attached hydrogen (secondary N) is 2. The van der Waals surface area contributed by atoms with Crippen LogP contribution < -0.4 is 10.6 Å². The van der Waals surface area contributed by atoms with Gasteiger partial charge in [0, 0.05) is 5.70 Å². The van der Waals surface area contributed by atoms with Crippen molar-refractivity contribution in [2.24, 2.45) is 0 Å². The fourth-order valence-electron chi connectivity index (χ4n) is 3.24. The van der Waals surface area contributed by atoms with E-state index < -0.39 is 41.5 Å². The minimum absolute atomic E-state index is 0.132. The number of amides is 3. The molecule has 0 bridgehead atoms. The Morgan fingerprint density at radius 3 is 2.52 bits per heavy atom. The minimum atomic E-state index is -0.962. The SMILES string of the molecule is CCOC(=O)C1=C(C)NC(=O)N[C@H]1[C@H]1COC(C)(C)N1C(=O)OC(C)(C)C. The molecule has 2 rings (SSSR count). The molecule has 0 radical (unpaired) electrons. The van der Waals surface area contributed by atoms with Crippen LogP contribution in [0.5, 0.6) is 0 Å². The Bertz CT molecular complexity index is 664. The molecule has 0 aromatic heterocycles. The number of hydrogen-bond acceptors (Lipinski definition) is 6. The number of carbonyl (C=O) groups excluding carboxylic acids is 3. The van der Waals surface area contributed by atoms with Crippen LogP contribution in [0.4, 0.5) is 9.59 Å². The van der Waals surface area contributed by atoms with E-state index in [1.807, 2.05) is 0 Å². The van der Waals surface area contributed by atoms with Crippen molar-refractivity contribution in [2.45, 2.75) is 71.9 Å².